The van der Waals surface area contributed by atoms with Crippen molar-refractivity contribution in [3.63, 3.8) is 0 Å². The molecule has 1 heterocycles. The molecule has 0 saturated heterocycles. The van der Waals surface area contributed by atoms with E-state index in [1.165, 1.54) is 12.5 Å². The Bertz CT molecular complexity index is 770. The molecule has 0 bridgehead atoms. The lowest BCUT2D eigenvalue weighted by Gasteiger charge is -2.12. The van der Waals surface area contributed by atoms with Crippen molar-refractivity contribution in [2.45, 2.75) is 0 Å². The topological polar surface area (TPSA) is 51.5 Å². The van der Waals surface area contributed by atoms with Crippen LogP contribution in [0.5, 0.6) is 11.5 Å². The lowest BCUT2D eigenvalue weighted by atomic mass is 10.2. The summed E-state index contributed by atoms with van der Waals surface area (Å²) in [7, 11) is 0. The third kappa shape index (κ3) is 3.30. The van der Waals surface area contributed by atoms with Gasteiger partial charge in [-0.15, -0.1) is 0 Å². The Hall–Kier alpha value is -2.72. The summed E-state index contributed by atoms with van der Waals surface area (Å²) in [6.07, 6.45) is 2.81. The SMILES string of the molecule is O=C(Nc1cc(Cl)ccc1Oc1ccccc1)c1ccoc1. The highest BCUT2D eigenvalue weighted by atomic mass is 35.5. The molecule has 0 fully saturated rings. The van der Waals surface area contributed by atoms with Gasteiger partial charge in [0.1, 0.15) is 12.0 Å². The van der Waals surface area contributed by atoms with Crippen LogP contribution < -0.4 is 10.1 Å². The second-order valence-electron chi connectivity index (χ2n) is 4.52. The van der Waals surface area contributed by atoms with Crippen LogP contribution in [0.4, 0.5) is 5.69 Å². The summed E-state index contributed by atoms with van der Waals surface area (Å²) in [6, 6.07) is 15.9. The molecule has 0 aliphatic rings. The van der Waals surface area contributed by atoms with Gasteiger partial charge in [0, 0.05) is 5.02 Å². The zero-order chi connectivity index (χ0) is 15.4. The molecule has 2 aromatic carbocycles. The molecule has 4 nitrogen and oxygen atoms in total. The predicted molar refractivity (Wildman–Crippen MR) is 84.6 cm³/mol. The number of halogens is 1. The molecule has 110 valence electrons. The molecular weight excluding hydrogens is 302 g/mol. The molecule has 0 spiro atoms. The number of hydrogen-bond acceptors (Lipinski definition) is 3. The van der Waals surface area contributed by atoms with E-state index in [1.54, 1.807) is 24.3 Å². The molecule has 1 N–H and O–H groups in total. The lowest BCUT2D eigenvalue weighted by Crippen LogP contribution is -2.11. The molecule has 5 heteroatoms. The van der Waals surface area contributed by atoms with Gasteiger partial charge in [0.05, 0.1) is 17.5 Å². The molecule has 3 rings (SSSR count). The van der Waals surface area contributed by atoms with Gasteiger partial charge in [-0.25, -0.2) is 0 Å². The maximum Gasteiger partial charge on any atom is 0.259 e. The Kier molecular flexibility index (Phi) is 4.12. The van der Waals surface area contributed by atoms with Crippen LogP contribution >= 0.6 is 11.6 Å². The number of anilines is 1. The fraction of sp³-hybridized carbons (Fsp3) is 0. The summed E-state index contributed by atoms with van der Waals surface area (Å²) in [4.78, 5) is 12.1. The molecule has 1 aromatic heterocycles. The van der Waals surface area contributed by atoms with Crippen LogP contribution in [0.25, 0.3) is 0 Å². The zero-order valence-corrected chi connectivity index (χ0v) is 12.2. The number of nitrogens with one attached hydrogen (secondary N) is 1. The Morgan fingerprint density at radius 3 is 2.64 bits per heavy atom. The highest BCUT2D eigenvalue weighted by Crippen LogP contribution is 2.32. The van der Waals surface area contributed by atoms with Crippen molar-refractivity contribution in [2.24, 2.45) is 0 Å². The molecular formula is C17H12ClNO3. The molecule has 3 aromatic rings. The van der Waals surface area contributed by atoms with Crippen molar-refractivity contribution >= 4 is 23.2 Å². The van der Waals surface area contributed by atoms with Crippen molar-refractivity contribution in [3.05, 3.63) is 77.7 Å². The van der Waals surface area contributed by atoms with E-state index in [4.69, 9.17) is 20.8 Å². The van der Waals surface area contributed by atoms with Crippen LogP contribution in [0.1, 0.15) is 10.4 Å². The number of carbonyl (C=O) groups excluding carboxylic acids is 1. The third-order valence-corrected chi connectivity index (χ3v) is 3.18. The first-order chi connectivity index (χ1) is 10.7. The van der Waals surface area contributed by atoms with Gasteiger partial charge >= 0.3 is 0 Å². The van der Waals surface area contributed by atoms with E-state index in [-0.39, 0.29) is 5.91 Å². The number of furan rings is 1. The minimum atomic E-state index is -0.297. The summed E-state index contributed by atoms with van der Waals surface area (Å²) in [5.41, 5.74) is 0.910. The van der Waals surface area contributed by atoms with Gasteiger partial charge < -0.3 is 14.5 Å². The minimum Gasteiger partial charge on any atom is -0.472 e. The standard InChI is InChI=1S/C17H12ClNO3/c18-13-6-7-16(22-14-4-2-1-3-5-14)15(10-13)19-17(20)12-8-9-21-11-12/h1-11H,(H,19,20). The Balaban J connectivity index is 1.86. The number of para-hydroxylation sites is 1. The van der Waals surface area contributed by atoms with Crippen LogP contribution in [0.3, 0.4) is 0 Å². The van der Waals surface area contributed by atoms with Crippen molar-refractivity contribution in [3.8, 4) is 11.5 Å². The Labute approximate surface area is 132 Å². The van der Waals surface area contributed by atoms with Crippen LogP contribution in [0.15, 0.2) is 71.5 Å². The molecule has 0 aliphatic carbocycles. The van der Waals surface area contributed by atoms with Crippen LogP contribution in [0.2, 0.25) is 5.02 Å². The van der Waals surface area contributed by atoms with Crippen LogP contribution in [-0.4, -0.2) is 5.91 Å². The maximum atomic E-state index is 12.1. The minimum absolute atomic E-state index is 0.297. The number of amides is 1. The quantitative estimate of drug-likeness (QED) is 0.739. The van der Waals surface area contributed by atoms with Gasteiger partial charge in [0.25, 0.3) is 5.91 Å². The average Bonchev–Trinajstić information content (AvgIpc) is 3.05. The van der Waals surface area contributed by atoms with E-state index in [1.807, 2.05) is 30.3 Å². The van der Waals surface area contributed by atoms with Gasteiger partial charge in [-0.05, 0) is 36.4 Å². The number of benzene rings is 2. The van der Waals surface area contributed by atoms with Gasteiger partial charge in [-0.3, -0.25) is 4.79 Å². The molecule has 0 atom stereocenters. The third-order valence-electron chi connectivity index (χ3n) is 2.94. The summed E-state index contributed by atoms with van der Waals surface area (Å²) < 4.78 is 10.7. The largest absolute Gasteiger partial charge is 0.472 e. The molecule has 22 heavy (non-hydrogen) atoms. The highest BCUT2D eigenvalue weighted by Gasteiger charge is 2.12. The van der Waals surface area contributed by atoms with Gasteiger partial charge in [-0.1, -0.05) is 29.8 Å². The summed E-state index contributed by atoms with van der Waals surface area (Å²) in [5, 5.41) is 3.27. The zero-order valence-electron chi connectivity index (χ0n) is 11.5. The number of hydrogen-bond donors (Lipinski definition) is 1. The van der Waals surface area contributed by atoms with Crippen molar-refractivity contribution in [2.75, 3.05) is 5.32 Å². The normalized spacial score (nSPS) is 10.2. The Morgan fingerprint density at radius 2 is 1.91 bits per heavy atom. The smallest absolute Gasteiger partial charge is 0.259 e. The van der Waals surface area contributed by atoms with E-state index in [0.717, 1.165) is 0 Å². The summed E-state index contributed by atoms with van der Waals surface area (Å²) >= 11 is 6.00. The summed E-state index contributed by atoms with van der Waals surface area (Å²) in [6.45, 7) is 0. The molecule has 0 saturated carbocycles. The second-order valence-corrected chi connectivity index (χ2v) is 4.96. The first kappa shape index (κ1) is 14.2. The van der Waals surface area contributed by atoms with E-state index in [2.05, 4.69) is 5.32 Å². The number of rotatable bonds is 4. The van der Waals surface area contributed by atoms with Crippen LogP contribution in [0, 0.1) is 0 Å². The monoisotopic (exact) mass is 313 g/mol. The molecule has 0 unspecified atom stereocenters. The average molecular weight is 314 g/mol. The molecule has 0 aliphatic heterocycles. The van der Waals surface area contributed by atoms with E-state index in [9.17, 15) is 4.79 Å². The maximum absolute atomic E-state index is 12.1. The van der Waals surface area contributed by atoms with Crippen molar-refractivity contribution in [1.29, 1.82) is 0 Å². The highest BCUT2D eigenvalue weighted by molar-refractivity contribution is 6.31. The van der Waals surface area contributed by atoms with Crippen molar-refractivity contribution < 1.29 is 13.9 Å². The number of ether oxygens (including phenoxy) is 1. The fourth-order valence-electron chi connectivity index (χ4n) is 1.89. The van der Waals surface area contributed by atoms with Crippen molar-refractivity contribution in [1.82, 2.24) is 0 Å². The van der Waals surface area contributed by atoms with Gasteiger partial charge in [0.15, 0.2) is 5.75 Å². The van der Waals surface area contributed by atoms with Gasteiger partial charge in [-0.2, -0.15) is 0 Å². The predicted octanol–water partition coefficient (Wildman–Crippen LogP) is 4.98. The fourth-order valence-corrected chi connectivity index (χ4v) is 2.06. The van der Waals surface area contributed by atoms with Gasteiger partial charge in [0.2, 0.25) is 0 Å². The van der Waals surface area contributed by atoms with Crippen LogP contribution in [-0.2, 0) is 0 Å². The molecule has 1 amide bonds. The number of carbonyl (C=O) groups is 1. The Morgan fingerprint density at radius 1 is 1.09 bits per heavy atom. The van der Waals surface area contributed by atoms with E-state index >= 15 is 0 Å². The van der Waals surface area contributed by atoms with E-state index in [0.29, 0.717) is 27.8 Å². The van der Waals surface area contributed by atoms with E-state index < -0.39 is 0 Å². The second kappa shape index (κ2) is 6.37. The molecule has 0 radical (unpaired) electrons. The summed E-state index contributed by atoms with van der Waals surface area (Å²) in [5.74, 6) is 0.880. The first-order valence-electron chi connectivity index (χ1n) is 6.58. The first-order valence-corrected chi connectivity index (χ1v) is 6.96. The lowest BCUT2D eigenvalue weighted by molar-refractivity contribution is 0.102.